The normalized spacial score (nSPS) is 17.9. The van der Waals surface area contributed by atoms with E-state index in [2.05, 4.69) is 10.6 Å². The summed E-state index contributed by atoms with van der Waals surface area (Å²) < 4.78 is 0. The fourth-order valence-corrected chi connectivity index (χ4v) is 4.29. The van der Waals surface area contributed by atoms with Crippen molar-refractivity contribution in [3.8, 4) is 0 Å². The van der Waals surface area contributed by atoms with Crippen molar-refractivity contribution in [3.63, 3.8) is 0 Å². The lowest BCUT2D eigenvalue weighted by atomic mass is 9.87. The van der Waals surface area contributed by atoms with Gasteiger partial charge in [0, 0.05) is 28.8 Å². The zero-order valence-corrected chi connectivity index (χ0v) is 16.5. The van der Waals surface area contributed by atoms with Crippen LogP contribution >= 0.6 is 0 Å². The van der Waals surface area contributed by atoms with Crippen molar-refractivity contribution < 1.29 is 9.59 Å². The van der Waals surface area contributed by atoms with E-state index in [1.807, 2.05) is 78.9 Å². The quantitative estimate of drug-likeness (QED) is 0.576. The lowest BCUT2D eigenvalue weighted by Gasteiger charge is -2.25. The van der Waals surface area contributed by atoms with Crippen LogP contribution in [-0.2, 0) is 4.79 Å². The molecule has 2 N–H and O–H groups in total. The van der Waals surface area contributed by atoms with E-state index >= 15 is 0 Å². The molecule has 1 aliphatic heterocycles. The molecule has 1 atom stereocenters. The van der Waals surface area contributed by atoms with Crippen molar-refractivity contribution in [1.82, 2.24) is 0 Å². The van der Waals surface area contributed by atoms with E-state index in [9.17, 15) is 9.59 Å². The van der Waals surface area contributed by atoms with Crippen LogP contribution in [0.2, 0.25) is 0 Å². The van der Waals surface area contributed by atoms with Gasteiger partial charge in [-0.05, 0) is 36.6 Å². The molecule has 30 heavy (non-hydrogen) atoms. The van der Waals surface area contributed by atoms with Crippen LogP contribution in [0.3, 0.4) is 0 Å². The van der Waals surface area contributed by atoms with E-state index in [1.165, 1.54) is 0 Å². The molecule has 3 aromatic rings. The number of hydrogen-bond donors (Lipinski definition) is 2. The third kappa shape index (κ3) is 3.30. The molecule has 1 heterocycles. The third-order valence-electron chi connectivity index (χ3n) is 5.78. The van der Waals surface area contributed by atoms with Gasteiger partial charge in [-0.15, -0.1) is 0 Å². The van der Waals surface area contributed by atoms with Crippen LogP contribution in [0.5, 0.6) is 0 Å². The maximum atomic E-state index is 12.9. The molecule has 3 aromatic carbocycles. The largest absolute Gasteiger partial charge is 0.372 e. The number of hydrogen-bond acceptors (Lipinski definition) is 4. The summed E-state index contributed by atoms with van der Waals surface area (Å²) in [5.74, 6) is 0.163. The van der Waals surface area contributed by atoms with Crippen LogP contribution in [0.15, 0.2) is 90.1 Å². The van der Waals surface area contributed by atoms with Gasteiger partial charge in [0.2, 0.25) is 0 Å². The van der Waals surface area contributed by atoms with Gasteiger partial charge in [-0.3, -0.25) is 9.59 Å². The highest BCUT2D eigenvalue weighted by molar-refractivity contribution is 6.10. The Morgan fingerprint density at radius 3 is 2.30 bits per heavy atom. The van der Waals surface area contributed by atoms with E-state index in [1.54, 1.807) is 0 Å². The molecule has 0 amide bonds. The van der Waals surface area contributed by atoms with Crippen molar-refractivity contribution in [2.24, 2.45) is 0 Å². The number of allylic oxidation sites excluding steroid dienone is 1. The Labute approximate surface area is 175 Å². The SMILES string of the molecule is O=C1CCCC2=C1C(c1ccccc1)Nc1ccc(C(=O)c3ccccc3)cc1N2. The summed E-state index contributed by atoms with van der Waals surface area (Å²) in [5.41, 5.74) is 5.81. The average molecular weight is 394 g/mol. The van der Waals surface area contributed by atoms with Crippen LogP contribution in [0.25, 0.3) is 0 Å². The molecular formula is C26H22N2O2. The van der Waals surface area contributed by atoms with Crippen molar-refractivity contribution in [2.75, 3.05) is 10.6 Å². The Hall–Kier alpha value is -3.66. The van der Waals surface area contributed by atoms with E-state index < -0.39 is 0 Å². The monoisotopic (exact) mass is 394 g/mol. The Kier molecular flexibility index (Phi) is 4.68. The molecule has 5 rings (SSSR count). The lowest BCUT2D eigenvalue weighted by Crippen LogP contribution is -2.23. The minimum atomic E-state index is -0.210. The summed E-state index contributed by atoms with van der Waals surface area (Å²) in [7, 11) is 0. The first kappa shape index (κ1) is 18.4. The van der Waals surface area contributed by atoms with Crippen LogP contribution < -0.4 is 10.6 Å². The van der Waals surface area contributed by atoms with Crippen molar-refractivity contribution in [2.45, 2.75) is 25.3 Å². The number of rotatable bonds is 3. The smallest absolute Gasteiger partial charge is 0.193 e. The van der Waals surface area contributed by atoms with Gasteiger partial charge in [0.15, 0.2) is 11.6 Å². The standard InChI is InChI=1S/C26H22N2O2/c29-23-13-7-12-21-24(23)25(17-8-3-1-4-9-17)28-20-15-14-19(16-22(20)27-21)26(30)18-10-5-2-6-11-18/h1-6,8-11,14-16,25,27-28H,7,12-13H2. The molecule has 0 bridgehead atoms. The maximum Gasteiger partial charge on any atom is 0.193 e. The molecule has 1 aliphatic carbocycles. The highest BCUT2D eigenvalue weighted by Gasteiger charge is 2.32. The number of nitrogens with one attached hydrogen (secondary N) is 2. The molecule has 148 valence electrons. The Balaban J connectivity index is 1.58. The Morgan fingerprint density at radius 1 is 0.800 bits per heavy atom. The van der Waals surface area contributed by atoms with Crippen LogP contribution in [-0.4, -0.2) is 11.6 Å². The summed E-state index contributed by atoms with van der Waals surface area (Å²) >= 11 is 0. The summed E-state index contributed by atoms with van der Waals surface area (Å²) in [4.78, 5) is 25.8. The Bertz CT molecular complexity index is 1150. The fourth-order valence-electron chi connectivity index (χ4n) is 4.29. The lowest BCUT2D eigenvalue weighted by molar-refractivity contribution is -0.116. The van der Waals surface area contributed by atoms with Gasteiger partial charge >= 0.3 is 0 Å². The first-order chi connectivity index (χ1) is 14.7. The zero-order chi connectivity index (χ0) is 20.5. The van der Waals surface area contributed by atoms with Crippen LogP contribution in [0.1, 0.15) is 46.8 Å². The average Bonchev–Trinajstić information content (AvgIpc) is 2.96. The number of benzene rings is 3. The molecule has 0 saturated carbocycles. The first-order valence-electron chi connectivity index (χ1n) is 10.3. The summed E-state index contributed by atoms with van der Waals surface area (Å²) in [6, 6.07) is 24.8. The van der Waals surface area contributed by atoms with Crippen LogP contribution in [0.4, 0.5) is 11.4 Å². The highest BCUT2D eigenvalue weighted by Crippen LogP contribution is 2.40. The van der Waals surface area contributed by atoms with Gasteiger partial charge in [-0.1, -0.05) is 60.7 Å². The number of anilines is 2. The second-order valence-corrected chi connectivity index (χ2v) is 7.74. The predicted molar refractivity (Wildman–Crippen MR) is 119 cm³/mol. The van der Waals surface area contributed by atoms with Gasteiger partial charge in [0.1, 0.15) is 0 Å². The van der Waals surface area contributed by atoms with E-state index in [-0.39, 0.29) is 17.6 Å². The van der Waals surface area contributed by atoms with Gasteiger partial charge in [-0.2, -0.15) is 0 Å². The van der Waals surface area contributed by atoms with Crippen LogP contribution in [0, 0.1) is 0 Å². The second kappa shape index (κ2) is 7.64. The minimum absolute atomic E-state index is 0.0158. The van der Waals surface area contributed by atoms with Crippen molar-refractivity contribution >= 4 is 22.9 Å². The molecule has 1 unspecified atom stereocenters. The van der Waals surface area contributed by atoms with Crippen molar-refractivity contribution in [1.29, 1.82) is 0 Å². The minimum Gasteiger partial charge on any atom is -0.372 e. The Morgan fingerprint density at radius 2 is 1.53 bits per heavy atom. The van der Waals surface area contributed by atoms with Gasteiger partial charge in [0.05, 0.1) is 17.4 Å². The van der Waals surface area contributed by atoms with E-state index in [0.717, 1.165) is 41.1 Å². The molecule has 0 saturated heterocycles. The summed E-state index contributed by atoms with van der Waals surface area (Å²) in [6.45, 7) is 0. The number of ketones is 2. The predicted octanol–water partition coefficient (Wildman–Crippen LogP) is 5.50. The summed E-state index contributed by atoms with van der Waals surface area (Å²) in [5, 5.41) is 7.04. The maximum absolute atomic E-state index is 12.9. The van der Waals surface area contributed by atoms with Gasteiger partial charge in [-0.25, -0.2) is 0 Å². The summed E-state index contributed by atoms with van der Waals surface area (Å²) in [6.07, 6.45) is 2.23. The van der Waals surface area contributed by atoms with Gasteiger partial charge < -0.3 is 10.6 Å². The number of fused-ring (bicyclic) bond motifs is 1. The molecular weight excluding hydrogens is 372 g/mol. The van der Waals surface area contributed by atoms with Gasteiger partial charge in [0.25, 0.3) is 0 Å². The third-order valence-corrected chi connectivity index (χ3v) is 5.78. The molecule has 4 nitrogen and oxygen atoms in total. The molecule has 0 spiro atoms. The molecule has 0 aromatic heterocycles. The molecule has 2 aliphatic rings. The number of Topliss-reactive ketones (excluding diaryl/α,β-unsaturated/α-hetero) is 1. The number of carbonyl (C=O) groups is 2. The van der Waals surface area contributed by atoms with E-state index in [4.69, 9.17) is 0 Å². The fraction of sp³-hybridized carbons (Fsp3) is 0.154. The highest BCUT2D eigenvalue weighted by atomic mass is 16.1. The molecule has 4 heteroatoms. The topological polar surface area (TPSA) is 58.2 Å². The first-order valence-corrected chi connectivity index (χ1v) is 10.3. The molecule has 0 radical (unpaired) electrons. The number of carbonyl (C=O) groups excluding carboxylic acids is 2. The zero-order valence-electron chi connectivity index (χ0n) is 16.5. The molecule has 0 fully saturated rings. The van der Waals surface area contributed by atoms with E-state index in [0.29, 0.717) is 17.5 Å². The van der Waals surface area contributed by atoms with Crippen molar-refractivity contribution in [3.05, 3.63) is 107 Å². The second-order valence-electron chi connectivity index (χ2n) is 7.74.